The molecule has 0 saturated carbocycles. The van der Waals surface area contributed by atoms with Crippen LogP contribution in [0.5, 0.6) is 0 Å². The van der Waals surface area contributed by atoms with Gasteiger partial charge < -0.3 is 9.32 Å². The van der Waals surface area contributed by atoms with Gasteiger partial charge in [0.25, 0.3) is 0 Å². The summed E-state index contributed by atoms with van der Waals surface area (Å²) in [5, 5.41) is 9.70. The molecule has 1 aliphatic carbocycles. The number of benzene rings is 10. The van der Waals surface area contributed by atoms with Crippen molar-refractivity contribution in [2.75, 3.05) is 4.90 Å². The van der Waals surface area contributed by atoms with E-state index in [-0.39, 0.29) is 5.41 Å². The van der Waals surface area contributed by atoms with Crippen molar-refractivity contribution in [3.63, 3.8) is 0 Å². The van der Waals surface area contributed by atoms with E-state index in [4.69, 9.17) is 4.42 Å². The predicted molar refractivity (Wildman–Crippen MR) is 249 cm³/mol. The molecule has 0 bridgehead atoms. The van der Waals surface area contributed by atoms with Crippen LogP contribution in [0.25, 0.3) is 87.6 Å². The minimum absolute atomic E-state index is 0.186. The fourth-order valence-corrected chi connectivity index (χ4v) is 10.1. The van der Waals surface area contributed by atoms with Crippen molar-refractivity contribution in [3.8, 4) is 33.4 Å². The van der Waals surface area contributed by atoms with E-state index in [1.165, 1.54) is 71.6 Å². The molecule has 0 unspecified atom stereocenters. The molecule has 0 fully saturated rings. The van der Waals surface area contributed by atoms with E-state index in [1.807, 2.05) is 0 Å². The molecule has 2 heteroatoms. The third-order valence-corrected chi connectivity index (χ3v) is 12.8. The third-order valence-electron chi connectivity index (χ3n) is 12.8. The summed E-state index contributed by atoms with van der Waals surface area (Å²) in [4.78, 5) is 2.45. The standard InChI is InChI=1S/C57H39NO/c1-57(2)51-21-8-7-16-48(51)49-20-10-22-52(55(49)57)58(40-30-24-38(25-31-40)43-17-9-19-46-42-14-5-3-12-36(42)28-34-47(43)46)41-32-26-39(27-33-41)44-18-11-23-53-54(44)50-35-29-37-13-4-6-15-45(37)56(50)59-53/h3-35H,1-2H3. The van der Waals surface area contributed by atoms with Crippen LogP contribution in [0, 0.1) is 0 Å². The number of fused-ring (bicyclic) bond motifs is 11. The summed E-state index contributed by atoms with van der Waals surface area (Å²) in [7, 11) is 0. The Hall–Kier alpha value is -7.42. The van der Waals surface area contributed by atoms with Crippen molar-refractivity contribution in [3.05, 3.63) is 211 Å². The molecule has 0 atom stereocenters. The number of anilines is 3. The monoisotopic (exact) mass is 753 g/mol. The zero-order valence-electron chi connectivity index (χ0n) is 32.9. The quantitative estimate of drug-likeness (QED) is 0.163. The van der Waals surface area contributed by atoms with E-state index in [9.17, 15) is 0 Å². The Bertz CT molecular complexity index is 3460. The van der Waals surface area contributed by atoms with Gasteiger partial charge in [-0.05, 0) is 114 Å². The van der Waals surface area contributed by atoms with Gasteiger partial charge in [-0.25, -0.2) is 0 Å². The van der Waals surface area contributed by atoms with E-state index in [0.717, 1.165) is 44.3 Å². The van der Waals surface area contributed by atoms with Gasteiger partial charge in [0.2, 0.25) is 0 Å². The largest absolute Gasteiger partial charge is 0.455 e. The Kier molecular flexibility index (Phi) is 7.31. The van der Waals surface area contributed by atoms with E-state index in [2.05, 4.69) is 219 Å². The molecule has 1 aromatic heterocycles. The summed E-state index contributed by atoms with van der Waals surface area (Å²) < 4.78 is 6.57. The molecule has 1 heterocycles. The van der Waals surface area contributed by atoms with Gasteiger partial charge in [0, 0.05) is 32.9 Å². The molecule has 0 aliphatic heterocycles. The molecule has 0 radical (unpaired) electrons. The van der Waals surface area contributed by atoms with Crippen molar-refractivity contribution in [1.82, 2.24) is 0 Å². The Morgan fingerprint density at radius 2 is 0.949 bits per heavy atom. The molecule has 1 aliphatic rings. The fourth-order valence-electron chi connectivity index (χ4n) is 10.1. The SMILES string of the molecule is CC1(C)c2ccccc2-c2cccc(N(c3ccc(-c4cccc5c4ccc4ccccc45)cc3)c3ccc(-c4cccc5oc6c7ccccc7ccc6c45)cc3)c21. The number of hydrogen-bond acceptors (Lipinski definition) is 2. The lowest BCUT2D eigenvalue weighted by Gasteiger charge is -2.32. The van der Waals surface area contributed by atoms with E-state index >= 15 is 0 Å². The zero-order valence-corrected chi connectivity index (χ0v) is 32.9. The molecule has 0 amide bonds. The van der Waals surface area contributed by atoms with Crippen LogP contribution in [0.4, 0.5) is 17.1 Å². The highest BCUT2D eigenvalue weighted by Crippen LogP contribution is 2.54. The average molecular weight is 754 g/mol. The molecule has 0 saturated heterocycles. The molecular weight excluding hydrogens is 715 g/mol. The van der Waals surface area contributed by atoms with Gasteiger partial charge in [-0.15, -0.1) is 0 Å². The molecule has 2 nitrogen and oxygen atoms in total. The minimum Gasteiger partial charge on any atom is -0.455 e. The number of furan rings is 1. The van der Waals surface area contributed by atoms with Crippen LogP contribution >= 0.6 is 0 Å². The summed E-state index contributed by atoms with van der Waals surface area (Å²) in [5.41, 5.74) is 15.1. The van der Waals surface area contributed by atoms with Gasteiger partial charge in [-0.1, -0.05) is 172 Å². The van der Waals surface area contributed by atoms with Gasteiger partial charge in [0.1, 0.15) is 11.2 Å². The Morgan fingerprint density at radius 1 is 0.390 bits per heavy atom. The average Bonchev–Trinajstić information content (AvgIpc) is 3.79. The number of hydrogen-bond donors (Lipinski definition) is 0. The maximum absolute atomic E-state index is 6.57. The third kappa shape index (κ3) is 5.06. The first-order chi connectivity index (χ1) is 29.0. The van der Waals surface area contributed by atoms with Crippen molar-refractivity contribution in [2.45, 2.75) is 19.3 Å². The molecule has 59 heavy (non-hydrogen) atoms. The van der Waals surface area contributed by atoms with Crippen molar-refractivity contribution in [1.29, 1.82) is 0 Å². The Morgan fingerprint density at radius 3 is 1.73 bits per heavy atom. The number of nitrogens with zero attached hydrogens (tertiary/aromatic N) is 1. The maximum atomic E-state index is 6.57. The minimum atomic E-state index is -0.186. The summed E-state index contributed by atoms with van der Waals surface area (Å²) in [6.07, 6.45) is 0. The van der Waals surface area contributed by atoms with Crippen LogP contribution < -0.4 is 4.90 Å². The summed E-state index contributed by atoms with van der Waals surface area (Å²) >= 11 is 0. The van der Waals surface area contributed by atoms with Gasteiger partial charge in [-0.2, -0.15) is 0 Å². The second-order valence-corrected chi connectivity index (χ2v) is 16.4. The van der Waals surface area contributed by atoms with Crippen molar-refractivity contribution >= 4 is 71.3 Å². The molecule has 12 rings (SSSR count). The molecule has 10 aromatic carbocycles. The highest BCUT2D eigenvalue weighted by molar-refractivity contribution is 6.19. The second kappa shape index (κ2) is 12.8. The number of rotatable bonds is 5. The fraction of sp³-hybridized carbons (Fsp3) is 0.0526. The highest BCUT2D eigenvalue weighted by Gasteiger charge is 2.38. The normalized spacial score (nSPS) is 13.1. The lowest BCUT2D eigenvalue weighted by molar-refractivity contribution is 0.661. The van der Waals surface area contributed by atoms with E-state index in [0.29, 0.717) is 0 Å². The van der Waals surface area contributed by atoms with Crippen LogP contribution in [0.1, 0.15) is 25.0 Å². The maximum Gasteiger partial charge on any atom is 0.143 e. The van der Waals surface area contributed by atoms with Crippen molar-refractivity contribution in [2.24, 2.45) is 0 Å². The zero-order chi connectivity index (χ0) is 39.2. The molecule has 0 N–H and O–H groups in total. The first-order valence-corrected chi connectivity index (χ1v) is 20.5. The predicted octanol–water partition coefficient (Wildman–Crippen LogP) is 16.2. The van der Waals surface area contributed by atoms with Crippen LogP contribution in [-0.2, 0) is 5.41 Å². The lowest BCUT2D eigenvalue weighted by Crippen LogP contribution is -2.20. The molecule has 11 aromatic rings. The summed E-state index contributed by atoms with van der Waals surface area (Å²) in [5.74, 6) is 0. The van der Waals surface area contributed by atoms with E-state index < -0.39 is 0 Å². The Labute approximate surface area is 343 Å². The molecular formula is C57H39NO. The van der Waals surface area contributed by atoms with Crippen LogP contribution in [0.15, 0.2) is 205 Å². The smallest absolute Gasteiger partial charge is 0.143 e. The van der Waals surface area contributed by atoms with Crippen LogP contribution in [0.3, 0.4) is 0 Å². The second-order valence-electron chi connectivity index (χ2n) is 16.4. The topological polar surface area (TPSA) is 16.4 Å². The van der Waals surface area contributed by atoms with Gasteiger partial charge in [0.05, 0.1) is 5.69 Å². The first kappa shape index (κ1) is 33.7. The van der Waals surface area contributed by atoms with Crippen molar-refractivity contribution < 1.29 is 4.42 Å². The van der Waals surface area contributed by atoms with Gasteiger partial charge in [0.15, 0.2) is 0 Å². The molecule has 0 spiro atoms. The van der Waals surface area contributed by atoms with E-state index in [1.54, 1.807) is 0 Å². The first-order valence-electron chi connectivity index (χ1n) is 20.5. The summed E-state index contributed by atoms with van der Waals surface area (Å²) in [6.45, 7) is 4.74. The van der Waals surface area contributed by atoms with Crippen LogP contribution in [0.2, 0.25) is 0 Å². The highest BCUT2D eigenvalue weighted by atomic mass is 16.3. The molecule has 278 valence electrons. The van der Waals surface area contributed by atoms with Crippen LogP contribution in [-0.4, -0.2) is 0 Å². The summed E-state index contributed by atoms with van der Waals surface area (Å²) in [6, 6.07) is 73.1. The lowest BCUT2D eigenvalue weighted by atomic mass is 9.81. The van der Waals surface area contributed by atoms with Gasteiger partial charge >= 0.3 is 0 Å². The Balaban J connectivity index is 1.01. The van der Waals surface area contributed by atoms with Gasteiger partial charge in [-0.3, -0.25) is 0 Å².